The molecular formula is C15H21NO. The maximum Gasteiger partial charge on any atom is 0.221 e. The van der Waals surface area contributed by atoms with E-state index in [9.17, 15) is 4.79 Å². The fourth-order valence-electron chi connectivity index (χ4n) is 1.81. The monoisotopic (exact) mass is 231 g/mol. The zero-order chi connectivity index (χ0) is 12.8. The molecule has 0 fully saturated rings. The third-order valence-corrected chi connectivity index (χ3v) is 2.65. The van der Waals surface area contributed by atoms with E-state index in [0.717, 1.165) is 18.5 Å². The van der Waals surface area contributed by atoms with E-state index in [1.54, 1.807) is 0 Å². The summed E-state index contributed by atoms with van der Waals surface area (Å²) in [4.78, 5) is 11.0. The first kappa shape index (κ1) is 13.5. The van der Waals surface area contributed by atoms with Gasteiger partial charge in [-0.15, -0.1) is 0 Å². The van der Waals surface area contributed by atoms with Gasteiger partial charge in [0.1, 0.15) is 0 Å². The molecule has 1 rings (SSSR count). The summed E-state index contributed by atoms with van der Waals surface area (Å²) in [5.74, 6) is -0.0333. The Balaban J connectivity index is 2.98. The second-order valence-electron chi connectivity index (χ2n) is 4.49. The number of aryl methyl sites for hydroxylation is 1. The lowest BCUT2D eigenvalue weighted by atomic mass is 10.0. The van der Waals surface area contributed by atoms with Gasteiger partial charge in [-0.25, -0.2) is 0 Å². The number of hydrogen-bond acceptors (Lipinski definition) is 1. The Hall–Kier alpha value is -1.57. The summed E-state index contributed by atoms with van der Waals surface area (Å²) in [7, 11) is 0. The van der Waals surface area contributed by atoms with Crippen LogP contribution < -0.4 is 5.32 Å². The van der Waals surface area contributed by atoms with Crippen LogP contribution in [0, 0.1) is 6.92 Å². The summed E-state index contributed by atoms with van der Waals surface area (Å²) in [5, 5.41) is 2.81. The van der Waals surface area contributed by atoms with Crippen LogP contribution in [0.15, 0.2) is 23.8 Å². The van der Waals surface area contributed by atoms with Gasteiger partial charge in [-0.05, 0) is 43.5 Å². The molecule has 1 N–H and O–H groups in total. The molecule has 0 radical (unpaired) electrons. The van der Waals surface area contributed by atoms with Gasteiger partial charge in [0, 0.05) is 12.6 Å². The lowest BCUT2D eigenvalue weighted by Crippen LogP contribution is -2.05. The first-order chi connectivity index (χ1) is 8.02. The van der Waals surface area contributed by atoms with Gasteiger partial charge in [0.15, 0.2) is 0 Å². The van der Waals surface area contributed by atoms with Crippen LogP contribution in [0.4, 0.5) is 5.69 Å². The average Bonchev–Trinajstić information content (AvgIpc) is 2.22. The van der Waals surface area contributed by atoms with E-state index in [-0.39, 0.29) is 5.91 Å². The lowest BCUT2D eigenvalue weighted by Gasteiger charge is -2.07. The maximum atomic E-state index is 11.0. The maximum absolute atomic E-state index is 11.0. The van der Waals surface area contributed by atoms with Crippen LogP contribution in [-0.2, 0) is 4.79 Å². The van der Waals surface area contributed by atoms with E-state index >= 15 is 0 Å². The van der Waals surface area contributed by atoms with Crippen LogP contribution in [0.5, 0.6) is 0 Å². The standard InChI is InChI=1S/C15H21NO/c1-5-6-11(2)9-14-10-15(16-13(4)17)8-7-12(14)3/h7-10H,5-6H2,1-4H3,(H,16,17). The predicted molar refractivity (Wildman–Crippen MR) is 74.0 cm³/mol. The molecular weight excluding hydrogens is 210 g/mol. The zero-order valence-corrected chi connectivity index (χ0v) is 11.1. The summed E-state index contributed by atoms with van der Waals surface area (Å²) in [5.41, 5.74) is 4.64. The van der Waals surface area contributed by atoms with Crippen molar-refractivity contribution in [1.82, 2.24) is 0 Å². The highest BCUT2D eigenvalue weighted by Gasteiger charge is 2.00. The third kappa shape index (κ3) is 4.43. The van der Waals surface area contributed by atoms with Gasteiger partial charge >= 0.3 is 0 Å². The molecule has 0 spiro atoms. The van der Waals surface area contributed by atoms with E-state index in [2.05, 4.69) is 32.2 Å². The van der Waals surface area contributed by atoms with E-state index in [1.165, 1.54) is 23.6 Å². The fraction of sp³-hybridized carbons (Fsp3) is 0.400. The SMILES string of the molecule is CCCC(C)=Cc1cc(NC(C)=O)ccc1C. The molecule has 0 aliphatic carbocycles. The molecule has 1 amide bonds. The predicted octanol–water partition coefficient (Wildman–Crippen LogP) is 4.16. The van der Waals surface area contributed by atoms with Gasteiger partial charge < -0.3 is 5.32 Å². The Kier molecular flexibility index (Phi) is 4.95. The van der Waals surface area contributed by atoms with E-state index in [0.29, 0.717) is 0 Å². The number of carbonyl (C=O) groups is 1. The minimum absolute atomic E-state index is 0.0333. The van der Waals surface area contributed by atoms with Crippen LogP contribution >= 0.6 is 0 Å². The second kappa shape index (κ2) is 6.24. The van der Waals surface area contributed by atoms with E-state index in [1.807, 2.05) is 18.2 Å². The highest BCUT2D eigenvalue weighted by Crippen LogP contribution is 2.19. The van der Waals surface area contributed by atoms with Crippen molar-refractivity contribution in [3.63, 3.8) is 0 Å². The minimum Gasteiger partial charge on any atom is -0.326 e. The number of amides is 1. The van der Waals surface area contributed by atoms with Gasteiger partial charge in [0.25, 0.3) is 0 Å². The first-order valence-electron chi connectivity index (χ1n) is 6.08. The number of allylic oxidation sites excluding steroid dienone is 1. The lowest BCUT2D eigenvalue weighted by molar-refractivity contribution is -0.114. The van der Waals surface area contributed by atoms with Gasteiger partial charge in [0.05, 0.1) is 0 Å². The Morgan fingerprint density at radius 1 is 1.35 bits per heavy atom. The van der Waals surface area contributed by atoms with Gasteiger partial charge in [-0.1, -0.05) is 31.1 Å². The van der Waals surface area contributed by atoms with Crippen molar-refractivity contribution in [3.05, 3.63) is 34.9 Å². The quantitative estimate of drug-likeness (QED) is 0.828. The molecule has 0 bridgehead atoms. The van der Waals surface area contributed by atoms with Crippen molar-refractivity contribution in [2.75, 3.05) is 5.32 Å². The molecule has 2 heteroatoms. The largest absolute Gasteiger partial charge is 0.326 e. The van der Waals surface area contributed by atoms with Crippen molar-refractivity contribution in [2.24, 2.45) is 0 Å². The Labute approximate surface area is 104 Å². The third-order valence-electron chi connectivity index (χ3n) is 2.65. The molecule has 1 aromatic rings. The van der Waals surface area contributed by atoms with Crippen molar-refractivity contribution < 1.29 is 4.79 Å². The van der Waals surface area contributed by atoms with Crippen LogP contribution in [0.25, 0.3) is 6.08 Å². The Morgan fingerprint density at radius 3 is 2.65 bits per heavy atom. The average molecular weight is 231 g/mol. The summed E-state index contributed by atoms with van der Waals surface area (Å²) < 4.78 is 0. The van der Waals surface area contributed by atoms with Crippen LogP contribution in [-0.4, -0.2) is 5.91 Å². The van der Waals surface area contributed by atoms with Crippen LogP contribution in [0.3, 0.4) is 0 Å². The minimum atomic E-state index is -0.0333. The van der Waals surface area contributed by atoms with Crippen molar-refractivity contribution in [3.8, 4) is 0 Å². The first-order valence-corrected chi connectivity index (χ1v) is 6.08. The molecule has 0 atom stereocenters. The zero-order valence-electron chi connectivity index (χ0n) is 11.1. The molecule has 0 saturated heterocycles. The van der Waals surface area contributed by atoms with Gasteiger partial charge in [0.2, 0.25) is 5.91 Å². The normalized spacial score (nSPS) is 11.4. The molecule has 0 aromatic heterocycles. The number of nitrogens with one attached hydrogen (secondary N) is 1. The molecule has 2 nitrogen and oxygen atoms in total. The second-order valence-corrected chi connectivity index (χ2v) is 4.49. The van der Waals surface area contributed by atoms with Crippen LogP contribution in [0.1, 0.15) is 44.7 Å². The molecule has 17 heavy (non-hydrogen) atoms. The van der Waals surface area contributed by atoms with Crippen molar-refractivity contribution in [1.29, 1.82) is 0 Å². The van der Waals surface area contributed by atoms with Crippen molar-refractivity contribution >= 4 is 17.7 Å². The molecule has 0 saturated carbocycles. The molecule has 0 heterocycles. The molecule has 0 aliphatic heterocycles. The number of hydrogen-bond donors (Lipinski definition) is 1. The highest BCUT2D eigenvalue weighted by atomic mass is 16.1. The van der Waals surface area contributed by atoms with E-state index < -0.39 is 0 Å². The number of anilines is 1. The van der Waals surface area contributed by atoms with Gasteiger partial charge in [-0.2, -0.15) is 0 Å². The number of carbonyl (C=O) groups excluding carboxylic acids is 1. The highest BCUT2D eigenvalue weighted by molar-refractivity contribution is 5.89. The summed E-state index contributed by atoms with van der Waals surface area (Å²) >= 11 is 0. The molecule has 92 valence electrons. The summed E-state index contributed by atoms with van der Waals surface area (Å²) in [6.07, 6.45) is 4.47. The number of rotatable bonds is 4. The molecule has 0 aliphatic rings. The van der Waals surface area contributed by atoms with Gasteiger partial charge in [-0.3, -0.25) is 4.79 Å². The Bertz CT molecular complexity index is 433. The topological polar surface area (TPSA) is 29.1 Å². The van der Waals surface area contributed by atoms with Crippen molar-refractivity contribution in [2.45, 2.75) is 40.5 Å². The summed E-state index contributed by atoms with van der Waals surface area (Å²) in [6.45, 7) is 7.94. The smallest absolute Gasteiger partial charge is 0.221 e. The fourth-order valence-corrected chi connectivity index (χ4v) is 1.81. The van der Waals surface area contributed by atoms with E-state index in [4.69, 9.17) is 0 Å². The Morgan fingerprint density at radius 2 is 2.06 bits per heavy atom. The summed E-state index contributed by atoms with van der Waals surface area (Å²) in [6, 6.07) is 6.00. The molecule has 1 aromatic carbocycles. The van der Waals surface area contributed by atoms with Crippen LogP contribution in [0.2, 0.25) is 0 Å². The number of benzene rings is 1. The molecule has 0 unspecified atom stereocenters.